The Bertz CT molecular complexity index is 1060. The maximum absolute atomic E-state index is 10.5. The highest BCUT2D eigenvalue weighted by Gasteiger charge is 2.35. The zero-order valence-corrected chi connectivity index (χ0v) is 16.7. The fraction of sp³-hybridized carbons (Fsp3) is 0.167. The lowest BCUT2D eigenvalue weighted by atomic mass is 9.87. The minimum atomic E-state index is -0.896. The summed E-state index contributed by atoms with van der Waals surface area (Å²) >= 11 is 0. The maximum Gasteiger partial charge on any atom is 0.0843 e. The molecule has 1 aromatic carbocycles. The third-order valence-corrected chi connectivity index (χ3v) is 8.19. The van der Waals surface area contributed by atoms with Crippen LogP contribution in [0.25, 0.3) is 27.3 Å². The summed E-state index contributed by atoms with van der Waals surface area (Å²) in [6.45, 7) is 0. The first kappa shape index (κ1) is 18.3. The summed E-state index contributed by atoms with van der Waals surface area (Å²) in [6.07, 6.45) is 2.97. The van der Waals surface area contributed by atoms with Crippen LogP contribution >= 0.6 is 7.53 Å². The minimum absolute atomic E-state index is 0.435. The van der Waals surface area contributed by atoms with E-state index < -0.39 is 19.7 Å². The topological polar surface area (TPSA) is 66.2 Å². The zero-order chi connectivity index (χ0) is 19.8. The first-order chi connectivity index (χ1) is 14.2. The molecule has 1 aliphatic rings. The van der Waals surface area contributed by atoms with Gasteiger partial charge in [0, 0.05) is 35.8 Å². The van der Waals surface area contributed by atoms with Gasteiger partial charge in [-0.25, -0.2) is 0 Å². The Morgan fingerprint density at radius 1 is 0.655 bits per heavy atom. The van der Waals surface area contributed by atoms with E-state index in [1.54, 1.807) is 0 Å². The summed E-state index contributed by atoms with van der Waals surface area (Å²) in [4.78, 5) is 9.33. The van der Waals surface area contributed by atoms with Gasteiger partial charge in [-0.1, -0.05) is 50.0 Å². The molecule has 144 valence electrons. The molecule has 0 spiro atoms. The number of benzene rings is 1. The molecule has 2 atom stereocenters. The monoisotopic (exact) mass is 400 g/mol. The molecule has 3 aromatic heterocycles. The van der Waals surface area contributed by atoms with E-state index >= 15 is 0 Å². The van der Waals surface area contributed by atoms with Gasteiger partial charge in [-0.15, -0.1) is 0 Å². The molecule has 1 aliphatic carbocycles. The lowest BCUT2D eigenvalue weighted by molar-refractivity contribution is 0.0146. The Kier molecular flexibility index (Phi) is 4.76. The maximum atomic E-state index is 10.5. The smallest absolute Gasteiger partial charge is 0.0843 e. The van der Waals surface area contributed by atoms with E-state index in [4.69, 9.17) is 0 Å². The van der Waals surface area contributed by atoms with Crippen LogP contribution in [0.5, 0.6) is 0 Å². The number of nitrogens with zero attached hydrogens (tertiary/aromatic N) is 2. The summed E-state index contributed by atoms with van der Waals surface area (Å²) < 4.78 is 0. The number of aliphatic hydroxyl groups excluding tert-OH is 2. The molecular weight excluding hydrogens is 379 g/mol. The standard InChI is InChI=1S/C24H21N2O2P/c27-21-14-17-18(15-22(21)28)24(20-11-5-7-13-26-20)29(16-8-2-1-3-9-16)23(17)19-10-4-6-12-25-19/h1-13,21-22,27-28H,14-15H2/t21-,22-/m1/s1. The van der Waals surface area contributed by atoms with Crippen molar-refractivity contribution < 1.29 is 10.2 Å². The average Bonchev–Trinajstić information content (AvgIpc) is 3.10. The molecule has 0 saturated carbocycles. The number of hydrogen-bond donors (Lipinski definition) is 2. The Labute approximate surface area is 170 Å². The Hall–Kier alpha value is -2.78. The molecule has 0 aliphatic heterocycles. The second-order valence-corrected chi connectivity index (χ2v) is 9.38. The van der Waals surface area contributed by atoms with Gasteiger partial charge in [0.1, 0.15) is 0 Å². The van der Waals surface area contributed by atoms with Crippen molar-refractivity contribution in [1.82, 2.24) is 9.97 Å². The molecule has 0 unspecified atom stereocenters. The van der Waals surface area contributed by atoms with Crippen LogP contribution in [0, 0.1) is 0 Å². The summed E-state index contributed by atoms with van der Waals surface area (Å²) in [5.74, 6) is 0. The van der Waals surface area contributed by atoms with Gasteiger partial charge in [-0.3, -0.25) is 9.97 Å². The van der Waals surface area contributed by atoms with Gasteiger partial charge in [0.15, 0.2) is 0 Å². The molecule has 0 fully saturated rings. The largest absolute Gasteiger partial charge is 0.390 e. The average molecular weight is 400 g/mol. The quantitative estimate of drug-likeness (QED) is 0.527. The summed E-state index contributed by atoms with van der Waals surface area (Å²) in [6, 6.07) is 22.4. The third-order valence-electron chi connectivity index (χ3n) is 5.48. The van der Waals surface area contributed by atoms with Gasteiger partial charge in [0.2, 0.25) is 0 Å². The molecule has 5 rings (SSSR count). The highest BCUT2D eigenvalue weighted by Crippen LogP contribution is 2.61. The van der Waals surface area contributed by atoms with Crippen molar-refractivity contribution in [2.45, 2.75) is 25.0 Å². The molecule has 0 bridgehead atoms. The fourth-order valence-corrected chi connectivity index (χ4v) is 7.10. The summed E-state index contributed by atoms with van der Waals surface area (Å²) in [5, 5.41) is 24.5. The number of rotatable bonds is 3. The van der Waals surface area contributed by atoms with Crippen molar-refractivity contribution >= 4 is 7.53 Å². The van der Waals surface area contributed by atoms with E-state index in [9.17, 15) is 10.2 Å². The molecule has 4 nitrogen and oxygen atoms in total. The van der Waals surface area contributed by atoms with Crippen molar-refractivity contribution in [2.24, 2.45) is 0 Å². The van der Waals surface area contributed by atoms with Gasteiger partial charge in [0.25, 0.3) is 0 Å². The number of aromatic nitrogens is 2. The number of hydrogen-bond acceptors (Lipinski definition) is 4. The lowest BCUT2D eigenvalue weighted by Crippen LogP contribution is -2.34. The van der Waals surface area contributed by atoms with Crippen LogP contribution in [0.15, 0.2) is 79.1 Å². The predicted molar refractivity (Wildman–Crippen MR) is 116 cm³/mol. The molecule has 2 N–H and O–H groups in total. The number of pyridine rings is 2. The highest BCUT2D eigenvalue weighted by atomic mass is 31.1. The molecular formula is C24H21N2O2P. The first-order valence-corrected chi connectivity index (χ1v) is 11.1. The van der Waals surface area contributed by atoms with Crippen molar-refractivity contribution in [3.05, 3.63) is 90.3 Å². The van der Waals surface area contributed by atoms with Crippen molar-refractivity contribution in [2.75, 3.05) is 0 Å². The van der Waals surface area contributed by atoms with Gasteiger partial charge in [-0.05, 0) is 40.7 Å². The van der Waals surface area contributed by atoms with E-state index in [1.807, 2.05) is 54.9 Å². The Morgan fingerprint density at radius 3 is 1.59 bits per heavy atom. The van der Waals surface area contributed by atoms with Crippen LogP contribution < -0.4 is 0 Å². The van der Waals surface area contributed by atoms with Gasteiger partial charge in [0.05, 0.1) is 23.6 Å². The van der Waals surface area contributed by atoms with E-state index in [1.165, 1.54) is 15.9 Å². The molecule has 5 heteroatoms. The lowest BCUT2D eigenvalue weighted by Gasteiger charge is -2.25. The van der Waals surface area contributed by atoms with Crippen LogP contribution in [0.4, 0.5) is 0 Å². The Balaban J connectivity index is 1.90. The summed E-state index contributed by atoms with van der Waals surface area (Å²) in [7, 11) is -0.896. The van der Waals surface area contributed by atoms with Crippen LogP contribution in [-0.4, -0.2) is 32.4 Å². The van der Waals surface area contributed by atoms with Crippen molar-refractivity contribution in [3.8, 4) is 27.3 Å². The molecule has 0 amide bonds. The van der Waals surface area contributed by atoms with Crippen LogP contribution in [0.1, 0.15) is 11.1 Å². The van der Waals surface area contributed by atoms with Gasteiger partial charge >= 0.3 is 0 Å². The van der Waals surface area contributed by atoms with Crippen LogP contribution in [0.2, 0.25) is 0 Å². The second kappa shape index (κ2) is 7.57. The molecule has 0 saturated heterocycles. The Morgan fingerprint density at radius 2 is 1.14 bits per heavy atom. The van der Waals surface area contributed by atoms with Crippen LogP contribution in [-0.2, 0) is 12.8 Å². The van der Waals surface area contributed by atoms with Gasteiger partial charge in [-0.2, -0.15) is 0 Å². The van der Waals surface area contributed by atoms with Crippen molar-refractivity contribution in [3.63, 3.8) is 0 Å². The molecule has 4 aromatic rings. The molecule has 29 heavy (non-hydrogen) atoms. The molecule has 3 heterocycles. The second-order valence-electron chi connectivity index (χ2n) is 7.30. The first-order valence-electron chi connectivity index (χ1n) is 9.75. The highest BCUT2D eigenvalue weighted by molar-refractivity contribution is 7.63. The fourth-order valence-electron chi connectivity index (χ4n) is 4.18. The van der Waals surface area contributed by atoms with Crippen molar-refractivity contribution in [1.29, 1.82) is 0 Å². The zero-order valence-electron chi connectivity index (χ0n) is 15.8. The predicted octanol–water partition coefficient (Wildman–Crippen LogP) is 4.61. The summed E-state index contributed by atoms with van der Waals surface area (Å²) in [5.41, 5.74) is 4.11. The van der Waals surface area contributed by atoms with E-state index in [0.717, 1.165) is 22.5 Å². The third kappa shape index (κ3) is 3.20. The minimum Gasteiger partial charge on any atom is -0.390 e. The number of fused-ring (bicyclic) bond motifs is 1. The van der Waals surface area contributed by atoms with Gasteiger partial charge < -0.3 is 10.2 Å². The molecule has 0 radical (unpaired) electrons. The normalized spacial score (nSPS) is 18.4. The van der Waals surface area contributed by atoms with E-state index in [0.29, 0.717) is 12.8 Å². The van der Waals surface area contributed by atoms with E-state index in [2.05, 4.69) is 34.2 Å². The van der Waals surface area contributed by atoms with E-state index in [-0.39, 0.29) is 0 Å². The van der Waals surface area contributed by atoms with Crippen LogP contribution in [0.3, 0.4) is 0 Å². The SMILES string of the molecule is O[C@@H]1Cc2c(c(-c3ccccn3)p(-c3ccccc3)c2-c2ccccn2)C[C@H]1O. The number of aliphatic hydroxyl groups is 2.